The summed E-state index contributed by atoms with van der Waals surface area (Å²) in [7, 11) is 0. The normalized spacial score (nSPS) is 10.6. The number of pyridine rings is 1. The first-order valence-corrected chi connectivity index (χ1v) is 6.63. The Kier molecular flexibility index (Phi) is 3.13. The van der Waals surface area contributed by atoms with Gasteiger partial charge in [-0.25, -0.2) is 4.98 Å². The van der Waals surface area contributed by atoms with Gasteiger partial charge in [-0.15, -0.1) is 0 Å². The number of hydrogen-bond donors (Lipinski definition) is 1. The van der Waals surface area contributed by atoms with Gasteiger partial charge in [-0.1, -0.05) is 34.1 Å². The van der Waals surface area contributed by atoms with Crippen molar-refractivity contribution in [2.45, 2.75) is 6.92 Å². The number of nitrogens with zero attached hydrogens (tertiary/aromatic N) is 3. The highest BCUT2D eigenvalue weighted by molar-refractivity contribution is 9.10. The topological polar surface area (TPSA) is 54.5 Å². The predicted molar refractivity (Wildman–Crippen MR) is 77.5 cm³/mol. The second-order valence-corrected chi connectivity index (χ2v) is 5.10. The third kappa shape index (κ3) is 2.42. The minimum absolute atomic E-state index is 0.619. The average Bonchev–Trinajstić information content (AvgIpc) is 2.89. The molecule has 19 heavy (non-hydrogen) atoms. The second kappa shape index (κ2) is 4.93. The van der Waals surface area contributed by atoms with Crippen LogP contribution in [0.2, 0.25) is 0 Å². The zero-order valence-electron chi connectivity index (χ0n) is 10.3. The SMILES string of the molecule is Cc1cccnc1-c1n[nH]c(-c2cccc(Br)c2)n1. The van der Waals surface area contributed by atoms with E-state index in [9.17, 15) is 0 Å². The van der Waals surface area contributed by atoms with Crippen molar-refractivity contribution >= 4 is 15.9 Å². The number of hydrogen-bond acceptors (Lipinski definition) is 3. The van der Waals surface area contributed by atoms with E-state index in [0.29, 0.717) is 5.82 Å². The average molecular weight is 315 g/mol. The van der Waals surface area contributed by atoms with Crippen molar-refractivity contribution in [1.29, 1.82) is 0 Å². The van der Waals surface area contributed by atoms with Crippen LogP contribution in [0.5, 0.6) is 0 Å². The Morgan fingerprint density at radius 3 is 2.84 bits per heavy atom. The van der Waals surface area contributed by atoms with Gasteiger partial charge in [-0.3, -0.25) is 10.1 Å². The minimum atomic E-state index is 0.619. The van der Waals surface area contributed by atoms with Gasteiger partial charge in [0, 0.05) is 16.2 Å². The van der Waals surface area contributed by atoms with Crippen molar-refractivity contribution in [3.05, 3.63) is 52.6 Å². The molecule has 0 radical (unpaired) electrons. The molecule has 0 aliphatic rings. The molecule has 0 unspecified atom stereocenters. The van der Waals surface area contributed by atoms with E-state index in [2.05, 4.69) is 36.1 Å². The van der Waals surface area contributed by atoms with Gasteiger partial charge in [-0.2, -0.15) is 5.10 Å². The molecule has 0 bridgehead atoms. The number of benzene rings is 1. The number of rotatable bonds is 2. The first-order chi connectivity index (χ1) is 9.24. The summed E-state index contributed by atoms with van der Waals surface area (Å²) in [4.78, 5) is 8.82. The Balaban J connectivity index is 2.03. The van der Waals surface area contributed by atoms with Crippen LogP contribution in [-0.4, -0.2) is 20.2 Å². The van der Waals surface area contributed by atoms with Crippen LogP contribution >= 0.6 is 15.9 Å². The maximum atomic E-state index is 4.50. The lowest BCUT2D eigenvalue weighted by Gasteiger charge is -1.98. The Morgan fingerprint density at radius 1 is 1.16 bits per heavy atom. The molecule has 2 aromatic heterocycles. The van der Waals surface area contributed by atoms with E-state index in [1.165, 1.54) is 0 Å². The van der Waals surface area contributed by atoms with Crippen LogP contribution in [0.1, 0.15) is 5.56 Å². The van der Waals surface area contributed by atoms with Gasteiger partial charge in [0.05, 0.1) is 0 Å². The van der Waals surface area contributed by atoms with Crippen molar-refractivity contribution in [3.63, 3.8) is 0 Å². The molecule has 0 aliphatic heterocycles. The van der Waals surface area contributed by atoms with Crippen LogP contribution in [0.4, 0.5) is 0 Å². The number of aromatic amines is 1. The largest absolute Gasteiger partial charge is 0.259 e. The Hall–Kier alpha value is -2.01. The highest BCUT2D eigenvalue weighted by Crippen LogP contribution is 2.22. The third-order valence-corrected chi connectivity index (χ3v) is 3.30. The molecular formula is C14H11BrN4. The van der Waals surface area contributed by atoms with Gasteiger partial charge in [0.2, 0.25) is 0 Å². The summed E-state index contributed by atoms with van der Waals surface area (Å²) in [6, 6.07) is 11.8. The molecule has 5 heteroatoms. The molecule has 0 fully saturated rings. The van der Waals surface area contributed by atoms with E-state index in [1.54, 1.807) is 6.20 Å². The molecule has 1 aromatic carbocycles. The molecule has 0 spiro atoms. The molecule has 1 N–H and O–H groups in total. The smallest absolute Gasteiger partial charge is 0.200 e. The number of aryl methyl sites for hydroxylation is 1. The van der Waals surface area contributed by atoms with Crippen LogP contribution in [0, 0.1) is 6.92 Å². The van der Waals surface area contributed by atoms with Crippen molar-refractivity contribution < 1.29 is 0 Å². The summed E-state index contributed by atoms with van der Waals surface area (Å²) in [5.74, 6) is 1.36. The summed E-state index contributed by atoms with van der Waals surface area (Å²) in [5.41, 5.74) is 2.85. The van der Waals surface area contributed by atoms with Crippen LogP contribution in [-0.2, 0) is 0 Å². The fourth-order valence-electron chi connectivity index (χ4n) is 1.85. The van der Waals surface area contributed by atoms with Gasteiger partial charge >= 0.3 is 0 Å². The summed E-state index contributed by atoms with van der Waals surface area (Å²) in [5, 5.41) is 7.19. The van der Waals surface area contributed by atoms with Crippen molar-refractivity contribution in [3.8, 4) is 22.9 Å². The van der Waals surface area contributed by atoms with Gasteiger partial charge in [-0.05, 0) is 30.7 Å². The fraction of sp³-hybridized carbons (Fsp3) is 0.0714. The van der Waals surface area contributed by atoms with E-state index in [0.717, 1.165) is 27.1 Å². The summed E-state index contributed by atoms with van der Waals surface area (Å²) in [6.07, 6.45) is 1.75. The van der Waals surface area contributed by atoms with Crippen LogP contribution in [0.25, 0.3) is 22.9 Å². The van der Waals surface area contributed by atoms with E-state index >= 15 is 0 Å². The van der Waals surface area contributed by atoms with Gasteiger partial charge in [0.1, 0.15) is 5.69 Å². The zero-order valence-corrected chi connectivity index (χ0v) is 11.8. The molecule has 0 saturated heterocycles. The van der Waals surface area contributed by atoms with Crippen molar-refractivity contribution in [2.24, 2.45) is 0 Å². The van der Waals surface area contributed by atoms with E-state index in [-0.39, 0.29) is 0 Å². The summed E-state index contributed by atoms with van der Waals surface area (Å²) >= 11 is 3.45. The first-order valence-electron chi connectivity index (χ1n) is 5.84. The molecule has 0 aliphatic carbocycles. The van der Waals surface area contributed by atoms with Crippen LogP contribution in [0.3, 0.4) is 0 Å². The standard InChI is InChI=1S/C14H11BrN4/c1-9-4-3-7-16-12(9)14-17-13(18-19-14)10-5-2-6-11(15)8-10/h2-8H,1H3,(H,17,18,19). The second-order valence-electron chi connectivity index (χ2n) is 4.19. The lowest BCUT2D eigenvalue weighted by Crippen LogP contribution is -1.89. The highest BCUT2D eigenvalue weighted by Gasteiger charge is 2.10. The molecule has 4 nitrogen and oxygen atoms in total. The molecular weight excluding hydrogens is 304 g/mol. The first kappa shape index (κ1) is 12.0. The molecule has 94 valence electrons. The lowest BCUT2D eigenvalue weighted by atomic mass is 10.2. The Bertz CT molecular complexity index is 721. The highest BCUT2D eigenvalue weighted by atomic mass is 79.9. The van der Waals surface area contributed by atoms with Crippen LogP contribution in [0.15, 0.2) is 47.1 Å². The van der Waals surface area contributed by atoms with Crippen molar-refractivity contribution in [1.82, 2.24) is 20.2 Å². The maximum Gasteiger partial charge on any atom is 0.200 e. The number of aromatic nitrogens is 4. The van der Waals surface area contributed by atoms with Crippen LogP contribution < -0.4 is 0 Å². The van der Waals surface area contributed by atoms with E-state index in [1.807, 2.05) is 43.3 Å². The number of halogens is 1. The van der Waals surface area contributed by atoms with Gasteiger partial charge < -0.3 is 0 Å². The Labute approximate surface area is 119 Å². The fourth-order valence-corrected chi connectivity index (χ4v) is 2.25. The van der Waals surface area contributed by atoms with Gasteiger partial charge in [0.25, 0.3) is 0 Å². The molecule has 0 atom stereocenters. The summed E-state index contributed by atoms with van der Waals surface area (Å²) in [6.45, 7) is 2.00. The Morgan fingerprint density at radius 2 is 2.05 bits per heavy atom. The number of nitrogens with one attached hydrogen (secondary N) is 1. The maximum absolute atomic E-state index is 4.50. The monoisotopic (exact) mass is 314 g/mol. The molecule has 3 aromatic rings. The van der Waals surface area contributed by atoms with Crippen molar-refractivity contribution in [2.75, 3.05) is 0 Å². The quantitative estimate of drug-likeness (QED) is 0.786. The molecule has 2 heterocycles. The van der Waals surface area contributed by atoms with E-state index in [4.69, 9.17) is 0 Å². The zero-order chi connectivity index (χ0) is 13.2. The number of H-pyrrole nitrogens is 1. The lowest BCUT2D eigenvalue weighted by molar-refractivity contribution is 1.08. The molecule has 0 amide bonds. The predicted octanol–water partition coefficient (Wildman–Crippen LogP) is 3.60. The third-order valence-electron chi connectivity index (χ3n) is 2.80. The molecule has 3 rings (SSSR count). The van der Waals surface area contributed by atoms with Gasteiger partial charge in [0.15, 0.2) is 11.6 Å². The summed E-state index contributed by atoms with van der Waals surface area (Å²) < 4.78 is 1.01. The molecule has 0 saturated carbocycles. The van der Waals surface area contributed by atoms with E-state index < -0.39 is 0 Å². The minimum Gasteiger partial charge on any atom is -0.259 e.